The summed E-state index contributed by atoms with van der Waals surface area (Å²) in [4.78, 5) is 0. The van der Waals surface area contributed by atoms with Gasteiger partial charge in [-0.3, -0.25) is 0 Å². The quantitative estimate of drug-likeness (QED) is 0.687. The van der Waals surface area contributed by atoms with E-state index < -0.39 is 0 Å². The van der Waals surface area contributed by atoms with Crippen molar-refractivity contribution in [3.8, 4) is 0 Å². The molecule has 4 unspecified atom stereocenters. The smallest absolute Gasteiger partial charge is 0.00698 e. The standard InChI is InChI=1S/C11H21N/c1-2-4-11(12)9-6-3-5-8-7-10(8)9/h8-11H,2-7,12H2,1H3. The van der Waals surface area contributed by atoms with Gasteiger partial charge in [-0.15, -0.1) is 0 Å². The first-order chi connectivity index (χ1) is 5.83. The fourth-order valence-corrected chi connectivity index (χ4v) is 3.04. The Bertz CT molecular complexity index is 155. The van der Waals surface area contributed by atoms with Crippen LogP contribution in [0.2, 0.25) is 0 Å². The van der Waals surface area contributed by atoms with Crippen LogP contribution in [0.3, 0.4) is 0 Å². The van der Waals surface area contributed by atoms with Crippen LogP contribution in [0.15, 0.2) is 0 Å². The lowest BCUT2D eigenvalue weighted by molar-refractivity contribution is 0.274. The molecule has 0 radical (unpaired) electrons. The van der Waals surface area contributed by atoms with Crippen molar-refractivity contribution in [3.05, 3.63) is 0 Å². The Morgan fingerprint density at radius 3 is 3.00 bits per heavy atom. The van der Waals surface area contributed by atoms with Crippen LogP contribution >= 0.6 is 0 Å². The van der Waals surface area contributed by atoms with E-state index in [0.29, 0.717) is 6.04 Å². The first kappa shape index (κ1) is 8.55. The van der Waals surface area contributed by atoms with Crippen LogP contribution in [0.4, 0.5) is 0 Å². The van der Waals surface area contributed by atoms with Crippen LogP contribution in [0.25, 0.3) is 0 Å². The summed E-state index contributed by atoms with van der Waals surface area (Å²) in [6.45, 7) is 2.24. The Kier molecular flexibility index (Phi) is 2.40. The maximum Gasteiger partial charge on any atom is 0.00698 e. The summed E-state index contributed by atoms with van der Waals surface area (Å²) in [7, 11) is 0. The Morgan fingerprint density at radius 1 is 1.42 bits per heavy atom. The van der Waals surface area contributed by atoms with Gasteiger partial charge in [-0.2, -0.15) is 0 Å². The lowest BCUT2D eigenvalue weighted by Gasteiger charge is -2.27. The largest absolute Gasteiger partial charge is 0.327 e. The van der Waals surface area contributed by atoms with Gasteiger partial charge in [0.05, 0.1) is 0 Å². The molecule has 2 fully saturated rings. The van der Waals surface area contributed by atoms with Crippen LogP contribution in [0, 0.1) is 17.8 Å². The third kappa shape index (κ3) is 1.52. The molecule has 0 saturated heterocycles. The highest BCUT2D eigenvalue weighted by Gasteiger charge is 2.46. The molecule has 0 amide bonds. The van der Waals surface area contributed by atoms with Crippen LogP contribution in [0.1, 0.15) is 45.4 Å². The van der Waals surface area contributed by atoms with Crippen molar-refractivity contribution in [2.45, 2.75) is 51.5 Å². The van der Waals surface area contributed by atoms with E-state index in [1.54, 1.807) is 0 Å². The monoisotopic (exact) mass is 167 g/mol. The average molecular weight is 167 g/mol. The molecule has 0 aromatic heterocycles. The molecule has 0 aromatic carbocycles. The topological polar surface area (TPSA) is 26.0 Å². The summed E-state index contributed by atoms with van der Waals surface area (Å²) >= 11 is 0. The maximum absolute atomic E-state index is 6.18. The molecular weight excluding hydrogens is 146 g/mol. The summed E-state index contributed by atoms with van der Waals surface area (Å²) in [5.41, 5.74) is 6.18. The Balaban J connectivity index is 1.85. The zero-order valence-corrected chi connectivity index (χ0v) is 8.13. The molecule has 1 heteroatoms. The predicted molar refractivity (Wildman–Crippen MR) is 51.8 cm³/mol. The van der Waals surface area contributed by atoms with Crippen molar-refractivity contribution in [1.82, 2.24) is 0 Å². The number of nitrogens with two attached hydrogens (primary N) is 1. The Labute approximate surface area is 75.7 Å². The highest BCUT2D eigenvalue weighted by atomic mass is 14.7. The van der Waals surface area contributed by atoms with Gasteiger partial charge in [-0.1, -0.05) is 26.2 Å². The molecule has 0 aliphatic heterocycles. The second kappa shape index (κ2) is 3.37. The van der Waals surface area contributed by atoms with E-state index in [2.05, 4.69) is 6.92 Å². The van der Waals surface area contributed by atoms with Crippen molar-refractivity contribution in [3.63, 3.8) is 0 Å². The fourth-order valence-electron chi connectivity index (χ4n) is 3.04. The van der Waals surface area contributed by atoms with Crippen LogP contribution in [0.5, 0.6) is 0 Å². The lowest BCUT2D eigenvalue weighted by Crippen LogP contribution is -2.33. The van der Waals surface area contributed by atoms with Gasteiger partial charge in [0.15, 0.2) is 0 Å². The molecule has 0 spiro atoms. The molecular formula is C11H21N. The summed E-state index contributed by atoms with van der Waals surface area (Å²) in [6.07, 6.45) is 8.37. The highest BCUT2D eigenvalue weighted by Crippen LogP contribution is 2.53. The normalized spacial score (nSPS) is 42.0. The molecule has 4 atom stereocenters. The number of rotatable bonds is 3. The summed E-state index contributed by atoms with van der Waals surface area (Å²) in [5.74, 6) is 3.02. The summed E-state index contributed by atoms with van der Waals surface area (Å²) in [6, 6.07) is 0.519. The molecule has 2 saturated carbocycles. The van der Waals surface area contributed by atoms with Gasteiger partial charge < -0.3 is 5.73 Å². The SMILES string of the molecule is CCCC(N)C1CCCC2CC21. The molecule has 2 N–H and O–H groups in total. The Hall–Kier alpha value is -0.0400. The molecule has 2 rings (SSSR count). The van der Waals surface area contributed by atoms with Crippen molar-refractivity contribution in [1.29, 1.82) is 0 Å². The van der Waals surface area contributed by atoms with Gasteiger partial charge in [-0.05, 0) is 37.0 Å². The van der Waals surface area contributed by atoms with Gasteiger partial charge in [0.25, 0.3) is 0 Å². The molecule has 0 heterocycles. The van der Waals surface area contributed by atoms with Crippen molar-refractivity contribution < 1.29 is 0 Å². The van der Waals surface area contributed by atoms with E-state index >= 15 is 0 Å². The molecule has 2 aliphatic rings. The van der Waals surface area contributed by atoms with Crippen molar-refractivity contribution in [2.75, 3.05) is 0 Å². The third-order valence-corrected chi connectivity index (χ3v) is 3.81. The molecule has 1 nitrogen and oxygen atoms in total. The number of fused-ring (bicyclic) bond motifs is 1. The van der Waals surface area contributed by atoms with Gasteiger partial charge >= 0.3 is 0 Å². The van der Waals surface area contributed by atoms with E-state index in [-0.39, 0.29) is 0 Å². The van der Waals surface area contributed by atoms with E-state index in [9.17, 15) is 0 Å². The molecule has 0 bridgehead atoms. The highest BCUT2D eigenvalue weighted by molar-refractivity contribution is 4.97. The molecule has 2 aliphatic carbocycles. The summed E-state index contributed by atoms with van der Waals surface area (Å²) in [5, 5.41) is 0. The minimum atomic E-state index is 0.519. The Morgan fingerprint density at radius 2 is 2.25 bits per heavy atom. The van der Waals surface area contributed by atoms with Crippen LogP contribution in [-0.2, 0) is 0 Å². The minimum Gasteiger partial charge on any atom is -0.327 e. The second-order valence-electron chi connectivity index (χ2n) is 4.71. The number of hydrogen-bond acceptors (Lipinski definition) is 1. The first-order valence-electron chi connectivity index (χ1n) is 5.58. The zero-order chi connectivity index (χ0) is 8.55. The zero-order valence-electron chi connectivity index (χ0n) is 8.13. The van der Waals surface area contributed by atoms with Crippen LogP contribution < -0.4 is 5.73 Å². The average Bonchev–Trinajstić information content (AvgIpc) is 2.81. The lowest BCUT2D eigenvalue weighted by atomic mass is 9.82. The van der Waals surface area contributed by atoms with E-state index in [1.165, 1.54) is 38.5 Å². The van der Waals surface area contributed by atoms with E-state index in [4.69, 9.17) is 5.73 Å². The first-order valence-corrected chi connectivity index (χ1v) is 5.58. The molecule has 0 aromatic rings. The minimum absolute atomic E-state index is 0.519. The summed E-state index contributed by atoms with van der Waals surface area (Å²) < 4.78 is 0. The van der Waals surface area contributed by atoms with Gasteiger partial charge in [0, 0.05) is 6.04 Å². The molecule has 12 heavy (non-hydrogen) atoms. The van der Waals surface area contributed by atoms with Gasteiger partial charge in [0.1, 0.15) is 0 Å². The van der Waals surface area contributed by atoms with Crippen LogP contribution in [-0.4, -0.2) is 6.04 Å². The fraction of sp³-hybridized carbons (Fsp3) is 1.00. The predicted octanol–water partition coefficient (Wildman–Crippen LogP) is 2.55. The second-order valence-corrected chi connectivity index (χ2v) is 4.71. The van der Waals surface area contributed by atoms with Crippen molar-refractivity contribution >= 4 is 0 Å². The third-order valence-electron chi connectivity index (χ3n) is 3.81. The number of hydrogen-bond donors (Lipinski definition) is 1. The van der Waals surface area contributed by atoms with E-state index in [1.807, 2.05) is 0 Å². The van der Waals surface area contributed by atoms with Gasteiger partial charge in [-0.25, -0.2) is 0 Å². The molecule has 70 valence electrons. The van der Waals surface area contributed by atoms with E-state index in [0.717, 1.165) is 17.8 Å². The maximum atomic E-state index is 6.18. The van der Waals surface area contributed by atoms with Crippen molar-refractivity contribution in [2.24, 2.45) is 23.5 Å². The van der Waals surface area contributed by atoms with Gasteiger partial charge in [0.2, 0.25) is 0 Å².